The summed E-state index contributed by atoms with van der Waals surface area (Å²) in [5.41, 5.74) is 0.153. The van der Waals surface area contributed by atoms with Gasteiger partial charge in [0.05, 0.1) is 5.56 Å². The smallest absolute Gasteiger partial charge is 0.154 e. The second kappa shape index (κ2) is 3.53. The summed E-state index contributed by atoms with van der Waals surface area (Å²) in [6, 6.07) is 4.59. The second-order valence-electron chi connectivity index (χ2n) is 1.97. The second-order valence-corrected chi connectivity index (χ2v) is 2.82. The zero-order valence-corrected chi connectivity index (χ0v) is 6.82. The highest BCUT2D eigenvalue weighted by Gasteiger charge is 2.04. The standard InChI is InChI=1S/C8H7FOS/c1-11-8-4-2-3-7(9)6(8)5-10/h2-5H,1H3. The summed E-state index contributed by atoms with van der Waals surface area (Å²) in [5.74, 6) is -0.452. The number of carbonyl (C=O) groups excluding carboxylic acids is 1. The largest absolute Gasteiger partial charge is 0.298 e. The average Bonchev–Trinajstić information content (AvgIpc) is 2.04. The molecular formula is C8H7FOS. The summed E-state index contributed by atoms with van der Waals surface area (Å²) in [5, 5.41) is 0. The number of hydrogen-bond donors (Lipinski definition) is 0. The van der Waals surface area contributed by atoms with Crippen LogP contribution in [0, 0.1) is 5.82 Å². The molecule has 11 heavy (non-hydrogen) atoms. The van der Waals surface area contributed by atoms with Crippen LogP contribution >= 0.6 is 11.8 Å². The van der Waals surface area contributed by atoms with E-state index in [-0.39, 0.29) is 5.56 Å². The highest BCUT2D eigenvalue weighted by molar-refractivity contribution is 7.98. The zero-order valence-electron chi connectivity index (χ0n) is 6.00. The molecule has 1 aromatic carbocycles. The van der Waals surface area contributed by atoms with E-state index in [0.717, 1.165) is 0 Å². The van der Waals surface area contributed by atoms with Crippen LogP contribution in [0.4, 0.5) is 4.39 Å². The number of benzene rings is 1. The van der Waals surface area contributed by atoms with Crippen molar-refractivity contribution in [3.63, 3.8) is 0 Å². The molecule has 0 spiro atoms. The van der Waals surface area contributed by atoms with E-state index in [9.17, 15) is 9.18 Å². The number of thioether (sulfide) groups is 1. The van der Waals surface area contributed by atoms with Gasteiger partial charge in [-0.15, -0.1) is 11.8 Å². The molecule has 0 atom stereocenters. The third kappa shape index (κ3) is 1.60. The molecule has 0 unspecified atom stereocenters. The number of halogens is 1. The van der Waals surface area contributed by atoms with Gasteiger partial charge in [-0.3, -0.25) is 4.79 Å². The molecule has 0 saturated heterocycles. The van der Waals surface area contributed by atoms with Crippen molar-refractivity contribution in [1.29, 1.82) is 0 Å². The Bertz CT molecular complexity index is 273. The van der Waals surface area contributed by atoms with E-state index in [0.29, 0.717) is 11.2 Å². The lowest BCUT2D eigenvalue weighted by molar-refractivity contribution is 0.111. The third-order valence-electron chi connectivity index (χ3n) is 1.35. The Kier molecular flexibility index (Phi) is 2.65. The Hall–Kier alpha value is -0.830. The van der Waals surface area contributed by atoms with Crippen molar-refractivity contribution in [3.8, 4) is 0 Å². The fourth-order valence-corrected chi connectivity index (χ4v) is 1.39. The van der Waals surface area contributed by atoms with Crippen molar-refractivity contribution in [2.45, 2.75) is 4.90 Å². The quantitative estimate of drug-likeness (QED) is 0.500. The van der Waals surface area contributed by atoms with Gasteiger partial charge in [0.1, 0.15) is 5.82 Å². The van der Waals surface area contributed by atoms with Crippen LogP contribution in [0.25, 0.3) is 0 Å². The molecule has 0 radical (unpaired) electrons. The molecule has 0 aliphatic rings. The molecule has 0 aromatic heterocycles. The third-order valence-corrected chi connectivity index (χ3v) is 2.15. The van der Waals surface area contributed by atoms with Gasteiger partial charge in [-0.05, 0) is 18.4 Å². The maximum absolute atomic E-state index is 12.8. The predicted molar refractivity (Wildman–Crippen MR) is 43.6 cm³/mol. The number of carbonyl (C=O) groups is 1. The Morgan fingerprint density at radius 2 is 2.27 bits per heavy atom. The van der Waals surface area contributed by atoms with Gasteiger partial charge in [0.15, 0.2) is 6.29 Å². The van der Waals surface area contributed by atoms with Crippen molar-refractivity contribution in [2.24, 2.45) is 0 Å². The number of hydrogen-bond acceptors (Lipinski definition) is 2. The summed E-state index contributed by atoms with van der Waals surface area (Å²) in [4.78, 5) is 11.0. The van der Waals surface area contributed by atoms with Crippen molar-refractivity contribution in [3.05, 3.63) is 29.6 Å². The Morgan fingerprint density at radius 3 is 2.73 bits per heavy atom. The van der Waals surface area contributed by atoms with E-state index >= 15 is 0 Å². The van der Waals surface area contributed by atoms with Crippen LogP contribution in [0.15, 0.2) is 23.1 Å². The predicted octanol–water partition coefficient (Wildman–Crippen LogP) is 2.36. The molecule has 1 nitrogen and oxygen atoms in total. The van der Waals surface area contributed by atoms with E-state index in [2.05, 4.69) is 0 Å². The van der Waals surface area contributed by atoms with Crippen molar-refractivity contribution in [1.82, 2.24) is 0 Å². The van der Waals surface area contributed by atoms with Gasteiger partial charge in [0.25, 0.3) is 0 Å². The summed E-state index contributed by atoms with van der Waals surface area (Å²) < 4.78 is 12.8. The lowest BCUT2D eigenvalue weighted by Crippen LogP contribution is -1.89. The van der Waals surface area contributed by atoms with E-state index in [1.165, 1.54) is 17.8 Å². The van der Waals surface area contributed by atoms with E-state index in [1.54, 1.807) is 12.1 Å². The monoisotopic (exact) mass is 170 g/mol. The first-order valence-corrected chi connectivity index (χ1v) is 4.29. The number of aldehydes is 1. The maximum atomic E-state index is 12.8. The Balaban J connectivity index is 3.24. The zero-order chi connectivity index (χ0) is 8.27. The molecule has 0 bridgehead atoms. The van der Waals surface area contributed by atoms with Gasteiger partial charge in [0.2, 0.25) is 0 Å². The van der Waals surface area contributed by atoms with Gasteiger partial charge in [-0.1, -0.05) is 6.07 Å². The van der Waals surface area contributed by atoms with Crippen LogP contribution in [-0.4, -0.2) is 12.5 Å². The first-order valence-electron chi connectivity index (χ1n) is 3.07. The highest BCUT2D eigenvalue weighted by atomic mass is 32.2. The molecule has 0 heterocycles. The van der Waals surface area contributed by atoms with Gasteiger partial charge in [-0.25, -0.2) is 4.39 Å². The molecule has 0 aliphatic carbocycles. The summed E-state index contributed by atoms with van der Waals surface area (Å²) in [6.45, 7) is 0. The van der Waals surface area contributed by atoms with Crippen molar-refractivity contribution >= 4 is 18.0 Å². The Morgan fingerprint density at radius 1 is 1.55 bits per heavy atom. The van der Waals surface area contributed by atoms with Crippen LogP contribution in [0.2, 0.25) is 0 Å². The molecule has 0 amide bonds. The molecule has 58 valence electrons. The fraction of sp³-hybridized carbons (Fsp3) is 0.125. The van der Waals surface area contributed by atoms with Crippen LogP contribution in [0.1, 0.15) is 10.4 Å². The van der Waals surface area contributed by atoms with Crippen molar-refractivity contribution in [2.75, 3.05) is 6.26 Å². The average molecular weight is 170 g/mol. The van der Waals surface area contributed by atoms with E-state index in [1.807, 2.05) is 6.26 Å². The molecule has 0 aliphatic heterocycles. The van der Waals surface area contributed by atoms with Gasteiger partial charge in [0, 0.05) is 4.90 Å². The minimum Gasteiger partial charge on any atom is -0.298 e. The van der Waals surface area contributed by atoms with E-state index in [4.69, 9.17) is 0 Å². The minimum absolute atomic E-state index is 0.153. The molecule has 0 N–H and O–H groups in total. The highest BCUT2D eigenvalue weighted by Crippen LogP contribution is 2.20. The van der Waals surface area contributed by atoms with Crippen molar-refractivity contribution < 1.29 is 9.18 Å². The van der Waals surface area contributed by atoms with E-state index < -0.39 is 5.82 Å². The van der Waals surface area contributed by atoms with Crippen LogP contribution in [0.3, 0.4) is 0 Å². The number of rotatable bonds is 2. The summed E-state index contributed by atoms with van der Waals surface area (Å²) in [6.07, 6.45) is 2.35. The maximum Gasteiger partial charge on any atom is 0.154 e. The molecule has 0 saturated carbocycles. The topological polar surface area (TPSA) is 17.1 Å². The van der Waals surface area contributed by atoms with Gasteiger partial charge < -0.3 is 0 Å². The first-order chi connectivity index (χ1) is 5.29. The Labute approximate surface area is 68.6 Å². The summed E-state index contributed by atoms with van der Waals surface area (Å²) in [7, 11) is 0. The normalized spacial score (nSPS) is 9.64. The SMILES string of the molecule is CSc1cccc(F)c1C=O. The molecule has 1 rings (SSSR count). The van der Waals surface area contributed by atoms with Gasteiger partial charge in [-0.2, -0.15) is 0 Å². The van der Waals surface area contributed by atoms with Crippen LogP contribution < -0.4 is 0 Å². The molecule has 1 aromatic rings. The summed E-state index contributed by atoms with van der Waals surface area (Å²) >= 11 is 1.36. The molecule has 3 heteroatoms. The lowest BCUT2D eigenvalue weighted by Gasteiger charge is -1.99. The van der Waals surface area contributed by atoms with Gasteiger partial charge >= 0.3 is 0 Å². The lowest BCUT2D eigenvalue weighted by atomic mass is 10.2. The first kappa shape index (κ1) is 8.27. The minimum atomic E-state index is -0.452. The molecule has 0 fully saturated rings. The van der Waals surface area contributed by atoms with Crippen LogP contribution in [-0.2, 0) is 0 Å². The fourth-order valence-electron chi connectivity index (χ4n) is 0.810. The van der Waals surface area contributed by atoms with Crippen LogP contribution in [0.5, 0.6) is 0 Å². The molecular weight excluding hydrogens is 163 g/mol.